The van der Waals surface area contributed by atoms with Crippen LogP contribution in [0.15, 0.2) is 29.6 Å². The molecule has 2 nitrogen and oxygen atoms in total. The maximum absolute atomic E-state index is 12.5. The number of anilines is 1. The predicted molar refractivity (Wildman–Crippen MR) is 84.9 cm³/mol. The Morgan fingerprint density at radius 3 is 2.61 bits per heavy atom. The number of hydrogen-bond donors (Lipinski definition) is 1. The molecule has 1 aromatic carbocycles. The minimum atomic E-state index is -4.37. The van der Waals surface area contributed by atoms with E-state index in [0.717, 1.165) is 37.0 Å². The number of hydrogen-bond acceptors (Lipinski definition) is 2. The third kappa shape index (κ3) is 3.42. The first-order chi connectivity index (χ1) is 10.8. The van der Waals surface area contributed by atoms with E-state index in [1.165, 1.54) is 17.0 Å². The van der Waals surface area contributed by atoms with Crippen LogP contribution < -0.4 is 5.32 Å². The van der Waals surface area contributed by atoms with Crippen LogP contribution in [-0.4, -0.2) is 5.91 Å². The highest BCUT2D eigenvalue weighted by atomic mass is 32.1. The van der Waals surface area contributed by atoms with Crippen LogP contribution in [0.25, 0.3) is 0 Å². The molecule has 6 heteroatoms. The van der Waals surface area contributed by atoms with Crippen molar-refractivity contribution in [3.63, 3.8) is 0 Å². The lowest BCUT2D eigenvalue weighted by molar-refractivity contribution is -0.137. The van der Waals surface area contributed by atoms with Crippen molar-refractivity contribution >= 4 is 22.9 Å². The molecule has 1 aromatic heterocycles. The monoisotopic (exact) mass is 339 g/mol. The van der Waals surface area contributed by atoms with Gasteiger partial charge in [0, 0.05) is 15.9 Å². The van der Waals surface area contributed by atoms with Gasteiger partial charge in [-0.1, -0.05) is 6.92 Å². The summed E-state index contributed by atoms with van der Waals surface area (Å²) >= 11 is 1.59. The Balaban J connectivity index is 1.75. The van der Waals surface area contributed by atoms with Gasteiger partial charge < -0.3 is 5.32 Å². The van der Waals surface area contributed by atoms with Crippen molar-refractivity contribution in [2.75, 3.05) is 5.32 Å². The summed E-state index contributed by atoms with van der Waals surface area (Å²) in [5.74, 6) is 0.379. The van der Waals surface area contributed by atoms with Crippen molar-refractivity contribution < 1.29 is 18.0 Å². The molecular formula is C17H16F3NOS. The quantitative estimate of drug-likeness (QED) is 0.806. The summed E-state index contributed by atoms with van der Waals surface area (Å²) in [4.78, 5) is 13.6. The molecule has 23 heavy (non-hydrogen) atoms. The molecule has 0 bridgehead atoms. The molecule has 0 fully saturated rings. The molecule has 0 saturated heterocycles. The molecule has 1 N–H and O–H groups in total. The molecule has 122 valence electrons. The van der Waals surface area contributed by atoms with Crippen molar-refractivity contribution in [3.8, 4) is 0 Å². The van der Waals surface area contributed by atoms with Crippen LogP contribution in [0.5, 0.6) is 0 Å². The van der Waals surface area contributed by atoms with E-state index in [4.69, 9.17) is 0 Å². The molecular weight excluding hydrogens is 323 g/mol. The zero-order valence-electron chi connectivity index (χ0n) is 12.5. The van der Waals surface area contributed by atoms with Gasteiger partial charge in [0.05, 0.1) is 11.1 Å². The highest BCUT2D eigenvalue weighted by molar-refractivity contribution is 7.10. The predicted octanol–water partition coefficient (Wildman–Crippen LogP) is 5.14. The molecule has 0 spiro atoms. The molecule has 2 aromatic rings. The van der Waals surface area contributed by atoms with Crippen molar-refractivity contribution in [3.05, 3.63) is 51.2 Å². The normalized spacial score (nSPS) is 17.7. The standard InChI is InChI=1S/C17H16F3NOS/c1-10-2-7-13-14(9-23-15(13)8-10)16(22)21-12-5-3-11(4-6-12)17(18,19)20/h3-6,9-10H,2,7-8H2,1H3,(H,21,22). The zero-order valence-corrected chi connectivity index (χ0v) is 13.4. The number of rotatable bonds is 2. The van der Waals surface area contributed by atoms with E-state index in [9.17, 15) is 18.0 Å². The van der Waals surface area contributed by atoms with Gasteiger partial charge in [0.2, 0.25) is 0 Å². The summed E-state index contributed by atoms with van der Waals surface area (Å²) in [5, 5.41) is 4.53. The third-order valence-corrected chi connectivity index (χ3v) is 5.17. The van der Waals surface area contributed by atoms with Crippen molar-refractivity contribution in [1.82, 2.24) is 0 Å². The molecule has 1 atom stereocenters. The van der Waals surface area contributed by atoms with E-state index in [1.807, 2.05) is 5.38 Å². The van der Waals surface area contributed by atoms with E-state index in [2.05, 4.69) is 12.2 Å². The van der Waals surface area contributed by atoms with E-state index < -0.39 is 11.7 Å². The maximum atomic E-state index is 12.5. The van der Waals surface area contributed by atoms with E-state index in [-0.39, 0.29) is 5.91 Å². The van der Waals surface area contributed by atoms with Gasteiger partial charge >= 0.3 is 6.18 Å². The van der Waals surface area contributed by atoms with Crippen LogP contribution in [-0.2, 0) is 19.0 Å². The maximum Gasteiger partial charge on any atom is 0.416 e. The Morgan fingerprint density at radius 1 is 1.26 bits per heavy atom. The molecule has 1 aliphatic rings. The summed E-state index contributed by atoms with van der Waals surface area (Å²) in [6, 6.07) is 4.50. The Bertz CT molecular complexity index is 718. The third-order valence-electron chi connectivity index (χ3n) is 4.12. The van der Waals surface area contributed by atoms with E-state index >= 15 is 0 Å². The molecule has 0 radical (unpaired) electrons. The minimum Gasteiger partial charge on any atom is -0.322 e. The highest BCUT2D eigenvalue weighted by Crippen LogP contribution is 2.33. The van der Waals surface area contributed by atoms with Crippen LogP contribution in [0.3, 0.4) is 0 Å². The molecule has 1 heterocycles. The lowest BCUT2D eigenvalue weighted by Gasteiger charge is -2.18. The minimum absolute atomic E-state index is 0.253. The van der Waals surface area contributed by atoms with Crippen molar-refractivity contribution in [2.45, 2.75) is 32.4 Å². The summed E-state index contributed by atoms with van der Waals surface area (Å²) in [6.45, 7) is 2.20. The van der Waals surface area contributed by atoms with E-state index in [0.29, 0.717) is 17.2 Å². The number of fused-ring (bicyclic) bond motifs is 1. The van der Waals surface area contributed by atoms with Gasteiger partial charge in [0.1, 0.15) is 0 Å². The second-order valence-electron chi connectivity index (χ2n) is 5.93. The topological polar surface area (TPSA) is 29.1 Å². The fourth-order valence-corrected chi connectivity index (χ4v) is 4.05. The Labute approximate surface area is 136 Å². The second kappa shape index (κ2) is 6.00. The number of carbonyl (C=O) groups is 1. The lowest BCUT2D eigenvalue weighted by atomic mass is 9.88. The summed E-state index contributed by atoms with van der Waals surface area (Å²) in [7, 11) is 0. The molecule has 0 saturated carbocycles. The number of carbonyl (C=O) groups excluding carboxylic acids is 1. The van der Waals surface area contributed by atoms with Gasteiger partial charge in [-0.25, -0.2) is 0 Å². The Hall–Kier alpha value is -1.82. The number of benzene rings is 1. The molecule has 1 amide bonds. The molecule has 3 rings (SSSR count). The van der Waals surface area contributed by atoms with E-state index in [1.54, 1.807) is 11.3 Å². The number of amides is 1. The molecule has 1 aliphatic carbocycles. The Kier molecular flexibility index (Phi) is 4.19. The van der Waals surface area contributed by atoms with Gasteiger partial charge in [0.15, 0.2) is 0 Å². The zero-order chi connectivity index (χ0) is 16.6. The van der Waals surface area contributed by atoms with Gasteiger partial charge in [-0.05, 0) is 55.0 Å². The fraction of sp³-hybridized carbons (Fsp3) is 0.353. The SMILES string of the molecule is CC1CCc2c(C(=O)Nc3ccc(C(F)(F)F)cc3)csc2C1. The van der Waals surface area contributed by atoms with Gasteiger partial charge in [-0.2, -0.15) is 13.2 Å². The van der Waals surface area contributed by atoms with Crippen LogP contribution in [0.1, 0.15) is 39.7 Å². The average molecular weight is 339 g/mol. The summed E-state index contributed by atoms with van der Waals surface area (Å²) in [5.41, 5.74) is 1.39. The largest absolute Gasteiger partial charge is 0.416 e. The van der Waals surface area contributed by atoms with Gasteiger partial charge in [0.25, 0.3) is 5.91 Å². The smallest absolute Gasteiger partial charge is 0.322 e. The first kappa shape index (κ1) is 16.1. The molecule has 1 unspecified atom stereocenters. The summed E-state index contributed by atoms with van der Waals surface area (Å²) in [6.07, 6.45) is -1.43. The highest BCUT2D eigenvalue weighted by Gasteiger charge is 2.30. The number of nitrogens with one attached hydrogen (secondary N) is 1. The van der Waals surface area contributed by atoms with Crippen molar-refractivity contribution in [2.24, 2.45) is 5.92 Å². The summed E-state index contributed by atoms with van der Waals surface area (Å²) < 4.78 is 37.6. The number of alkyl halides is 3. The first-order valence-corrected chi connectivity index (χ1v) is 8.30. The number of halogens is 3. The van der Waals surface area contributed by atoms with Crippen molar-refractivity contribution in [1.29, 1.82) is 0 Å². The van der Waals surface area contributed by atoms with Gasteiger partial charge in [-0.15, -0.1) is 11.3 Å². The second-order valence-corrected chi connectivity index (χ2v) is 6.89. The van der Waals surface area contributed by atoms with Crippen LogP contribution in [0.4, 0.5) is 18.9 Å². The lowest BCUT2D eigenvalue weighted by Crippen LogP contribution is -2.16. The van der Waals surface area contributed by atoms with Gasteiger partial charge in [-0.3, -0.25) is 4.79 Å². The molecule has 0 aliphatic heterocycles. The van der Waals surface area contributed by atoms with Crippen LogP contribution >= 0.6 is 11.3 Å². The van der Waals surface area contributed by atoms with Crippen LogP contribution in [0.2, 0.25) is 0 Å². The average Bonchev–Trinajstić information content (AvgIpc) is 2.89. The van der Waals surface area contributed by atoms with Crippen LogP contribution in [0, 0.1) is 5.92 Å². The Morgan fingerprint density at radius 2 is 1.96 bits per heavy atom. The fourth-order valence-electron chi connectivity index (χ4n) is 2.81. The first-order valence-electron chi connectivity index (χ1n) is 7.42. The number of thiophene rings is 1.